The van der Waals surface area contributed by atoms with Crippen molar-refractivity contribution in [3.8, 4) is 0 Å². The normalized spacial score (nSPS) is 10.4. The van der Waals surface area contributed by atoms with Crippen molar-refractivity contribution in [2.75, 3.05) is 23.7 Å². The second-order valence-corrected chi connectivity index (χ2v) is 5.83. The van der Waals surface area contributed by atoms with Crippen molar-refractivity contribution in [1.29, 1.82) is 0 Å². The van der Waals surface area contributed by atoms with Crippen molar-refractivity contribution >= 4 is 23.4 Å². The van der Waals surface area contributed by atoms with Gasteiger partial charge in [0.25, 0.3) is 0 Å². The Kier molecular flexibility index (Phi) is 6.40. The summed E-state index contributed by atoms with van der Waals surface area (Å²) in [5, 5.41) is 16.8. The second kappa shape index (κ2) is 9.36. The van der Waals surface area contributed by atoms with Crippen LogP contribution in [0.15, 0.2) is 54.7 Å². The molecule has 9 heteroatoms. The Balaban J connectivity index is 1.39. The lowest BCUT2D eigenvalue weighted by atomic mass is 10.1. The van der Waals surface area contributed by atoms with Crippen LogP contribution in [0, 0.1) is 11.6 Å². The molecule has 0 aliphatic heterocycles. The molecule has 0 fully saturated rings. The first-order valence-electron chi connectivity index (χ1n) is 8.56. The summed E-state index contributed by atoms with van der Waals surface area (Å²) in [6, 6.07) is 12.1. The van der Waals surface area contributed by atoms with Crippen molar-refractivity contribution < 1.29 is 13.6 Å². The number of halogens is 2. The minimum absolute atomic E-state index is 0.147. The highest BCUT2D eigenvalue weighted by Crippen LogP contribution is 2.12. The molecule has 1 amide bonds. The number of amides is 1. The molecule has 0 bridgehead atoms. The zero-order valence-corrected chi connectivity index (χ0v) is 14.8. The lowest BCUT2D eigenvalue weighted by Gasteiger charge is -2.08. The Bertz CT molecular complexity index is 921. The van der Waals surface area contributed by atoms with Gasteiger partial charge in [-0.1, -0.05) is 12.1 Å². The van der Waals surface area contributed by atoms with E-state index >= 15 is 0 Å². The highest BCUT2D eigenvalue weighted by Gasteiger charge is 2.08. The number of carbonyl (C=O) groups is 1. The first-order valence-corrected chi connectivity index (χ1v) is 8.56. The number of carbonyl (C=O) groups excluding carboxylic acids is 1. The van der Waals surface area contributed by atoms with Gasteiger partial charge in [-0.25, -0.2) is 13.8 Å². The molecule has 2 aromatic heterocycles. The quantitative estimate of drug-likeness (QED) is 0.517. The van der Waals surface area contributed by atoms with E-state index in [2.05, 4.69) is 31.1 Å². The molecular weight excluding hydrogens is 366 g/mol. The number of hydrogen-bond acceptors (Lipinski definition) is 6. The van der Waals surface area contributed by atoms with E-state index in [9.17, 15) is 13.6 Å². The third-order valence-electron chi connectivity index (χ3n) is 3.70. The minimum Gasteiger partial charge on any atom is -0.367 e. The van der Waals surface area contributed by atoms with E-state index in [1.165, 1.54) is 6.07 Å². The molecule has 1 aromatic carbocycles. The summed E-state index contributed by atoms with van der Waals surface area (Å²) in [6.45, 7) is 0.733. The van der Waals surface area contributed by atoms with Crippen molar-refractivity contribution in [2.45, 2.75) is 6.42 Å². The van der Waals surface area contributed by atoms with Crippen LogP contribution in [0.1, 0.15) is 5.56 Å². The second-order valence-electron chi connectivity index (χ2n) is 5.83. The first-order chi connectivity index (χ1) is 13.6. The van der Waals surface area contributed by atoms with E-state index in [-0.39, 0.29) is 17.9 Å². The number of rotatable bonds is 8. The summed E-state index contributed by atoms with van der Waals surface area (Å²) in [7, 11) is 0. The van der Waals surface area contributed by atoms with Gasteiger partial charge in [-0.2, -0.15) is 0 Å². The summed E-state index contributed by atoms with van der Waals surface area (Å²) in [4.78, 5) is 16.0. The monoisotopic (exact) mass is 384 g/mol. The van der Waals surface area contributed by atoms with Gasteiger partial charge in [0, 0.05) is 25.4 Å². The van der Waals surface area contributed by atoms with E-state index in [0.717, 1.165) is 12.1 Å². The largest absolute Gasteiger partial charge is 0.367 e. The zero-order chi connectivity index (χ0) is 19.8. The maximum absolute atomic E-state index is 13.5. The van der Waals surface area contributed by atoms with Gasteiger partial charge in [0.05, 0.1) is 6.42 Å². The Morgan fingerprint density at radius 2 is 1.75 bits per heavy atom. The molecule has 0 saturated heterocycles. The molecule has 144 valence electrons. The predicted molar refractivity (Wildman–Crippen MR) is 101 cm³/mol. The van der Waals surface area contributed by atoms with E-state index < -0.39 is 11.6 Å². The lowest BCUT2D eigenvalue weighted by molar-refractivity contribution is -0.120. The molecule has 0 aliphatic rings. The first kappa shape index (κ1) is 19.2. The van der Waals surface area contributed by atoms with Crippen LogP contribution in [0.25, 0.3) is 0 Å². The minimum atomic E-state index is -0.733. The SMILES string of the molecule is O=C(Cc1ccc(F)cc1F)NCCNc1ccc(Nc2ccccn2)nn1. The molecule has 0 radical (unpaired) electrons. The fourth-order valence-electron chi connectivity index (χ4n) is 2.35. The third-order valence-corrected chi connectivity index (χ3v) is 3.70. The fourth-order valence-corrected chi connectivity index (χ4v) is 2.35. The molecule has 0 aliphatic carbocycles. The zero-order valence-electron chi connectivity index (χ0n) is 14.8. The third kappa shape index (κ3) is 5.70. The van der Waals surface area contributed by atoms with Gasteiger partial charge in [0.1, 0.15) is 23.3 Å². The molecular formula is C19H18F2N6O. The van der Waals surface area contributed by atoms with Crippen molar-refractivity contribution in [3.05, 3.63) is 71.9 Å². The number of nitrogens with one attached hydrogen (secondary N) is 3. The molecule has 28 heavy (non-hydrogen) atoms. The number of anilines is 3. The summed E-state index contributed by atoms with van der Waals surface area (Å²) in [6.07, 6.45) is 1.52. The van der Waals surface area contributed by atoms with Crippen molar-refractivity contribution in [2.24, 2.45) is 0 Å². The number of aromatic nitrogens is 3. The molecule has 0 spiro atoms. The van der Waals surface area contributed by atoms with Gasteiger partial charge >= 0.3 is 0 Å². The molecule has 3 aromatic rings. The topological polar surface area (TPSA) is 91.8 Å². The van der Waals surface area contributed by atoms with Gasteiger partial charge in [0.15, 0.2) is 5.82 Å². The Morgan fingerprint density at radius 3 is 2.46 bits per heavy atom. The maximum Gasteiger partial charge on any atom is 0.224 e. The van der Waals surface area contributed by atoms with E-state index in [0.29, 0.717) is 30.5 Å². The Morgan fingerprint density at radius 1 is 0.929 bits per heavy atom. The van der Waals surface area contributed by atoms with Crippen molar-refractivity contribution in [1.82, 2.24) is 20.5 Å². The highest BCUT2D eigenvalue weighted by molar-refractivity contribution is 5.78. The summed E-state index contributed by atoms with van der Waals surface area (Å²) < 4.78 is 26.4. The van der Waals surface area contributed by atoms with Gasteiger partial charge in [-0.3, -0.25) is 4.79 Å². The number of pyridine rings is 1. The smallest absolute Gasteiger partial charge is 0.224 e. The molecule has 0 atom stereocenters. The summed E-state index contributed by atoms with van der Waals surface area (Å²) in [5.41, 5.74) is 0.147. The standard InChI is InChI=1S/C19H18F2N6O/c20-14-5-4-13(15(21)12-14)11-19(28)24-10-9-23-17-6-7-18(27-26-17)25-16-3-1-2-8-22-16/h1-8,12H,9-11H2,(H,23,26)(H,24,28)(H,22,25,27). The molecule has 3 N–H and O–H groups in total. The Labute approximate surface area is 160 Å². The van der Waals surface area contributed by atoms with E-state index in [4.69, 9.17) is 0 Å². The maximum atomic E-state index is 13.5. The van der Waals surface area contributed by atoms with E-state index in [1.54, 1.807) is 18.3 Å². The van der Waals surface area contributed by atoms with Crippen LogP contribution in [0.4, 0.5) is 26.2 Å². The highest BCUT2D eigenvalue weighted by atomic mass is 19.1. The average molecular weight is 384 g/mol. The van der Waals surface area contributed by atoms with Crippen LogP contribution in [-0.2, 0) is 11.2 Å². The number of benzene rings is 1. The van der Waals surface area contributed by atoms with Crippen LogP contribution in [0.2, 0.25) is 0 Å². The van der Waals surface area contributed by atoms with E-state index in [1.807, 2.05) is 18.2 Å². The predicted octanol–water partition coefficient (Wildman–Crippen LogP) is 2.66. The van der Waals surface area contributed by atoms with Crippen LogP contribution in [0.3, 0.4) is 0 Å². The van der Waals surface area contributed by atoms with Gasteiger partial charge < -0.3 is 16.0 Å². The number of nitrogens with zero attached hydrogens (tertiary/aromatic N) is 3. The number of hydrogen-bond donors (Lipinski definition) is 3. The molecule has 0 unspecified atom stereocenters. The van der Waals surface area contributed by atoms with Gasteiger partial charge in [-0.05, 0) is 35.9 Å². The van der Waals surface area contributed by atoms with Gasteiger partial charge in [-0.15, -0.1) is 10.2 Å². The Hall–Kier alpha value is -3.62. The lowest BCUT2D eigenvalue weighted by Crippen LogP contribution is -2.30. The van der Waals surface area contributed by atoms with Crippen LogP contribution in [-0.4, -0.2) is 34.2 Å². The average Bonchev–Trinajstić information content (AvgIpc) is 2.69. The van der Waals surface area contributed by atoms with Crippen LogP contribution >= 0.6 is 0 Å². The van der Waals surface area contributed by atoms with Crippen molar-refractivity contribution in [3.63, 3.8) is 0 Å². The molecule has 3 rings (SSSR count). The molecule has 7 nitrogen and oxygen atoms in total. The summed E-state index contributed by atoms with van der Waals surface area (Å²) >= 11 is 0. The van der Waals surface area contributed by atoms with Crippen LogP contribution < -0.4 is 16.0 Å². The summed E-state index contributed by atoms with van der Waals surface area (Å²) in [5.74, 6) is 0.00607. The van der Waals surface area contributed by atoms with Gasteiger partial charge in [0.2, 0.25) is 5.91 Å². The molecule has 0 saturated carbocycles. The fraction of sp³-hybridized carbons (Fsp3) is 0.158. The molecule has 2 heterocycles. The van der Waals surface area contributed by atoms with Crippen LogP contribution in [0.5, 0.6) is 0 Å².